The summed E-state index contributed by atoms with van der Waals surface area (Å²) in [4.78, 5) is 20.3. The molecule has 3 rings (SSSR count). The summed E-state index contributed by atoms with van der Waals surface area (Å²) in [5.41, 5.74) is 2.04. The molecule has 27 heavy (non-hydrogen) atoms. The Bertz CT molecular complexity index is 994. The summed E-state index contributed by atoms with van der Waals surface area (Å²) < 4.78 is 30.8. The van der Waals surface area contributed by atoms with Gasteiger partial charge in [-0.15, -0.1) is 0 Å². The number of aromatic nitrogens is 2. The molecule has 0 aliphatic carbocycles. The number of hydrogen-bond donors (Lipinski definition) is 1. The van der Waals surface area contributed by atoms with E-state index in [0.717, 1.165) is 11.8 Å². The molecule has 10 heteroatoms. The maximum atomic E-state index is 12.3. The van der Waals surface area contributed by atoms with Gasteiger partial charge in [-0.3, -0.25) is 4.31 Å². The van der Waals surface area contributed by atoms with E-state index in [2.05, 4.69) is 15.3 Å². The average Bonchev–Trinajstić information content (AvgIpc) is 2.99. The number of halogens is 1. The summed E-state index contributed by atoms with van der Waals surface area (Å²) in [6, 6.07) is 5.39. The van der Waals surface area contributed by atoms with Gasteiger partial charge in [-0.05, 0) is 43.5 Å². The second-order valence-electron chi connectivity index (χ2n) is 6.38. The van der Waals surface area contributed by atoms with E-state index in [1.165, 1.54) is 10.5 Å². The van der Waals surface area contributed by atoms with Gasteiger partial charge in [-0.1, -0.05) is 12.1 Å². The molecule has 0 radical (unpaired) electrons. The van der Waals surface area contributed by atoms with Crippen LogP contribution in [-0.2, 0) is 21.2 Å². The van der Waals surface area contributed by atoms with Crippen LogP contribution in [0.3, 0.4) is 0 Å². The van der Waals surface area contributed by atoms with Crippen molar-refractivity contribution in [1.82, 2.24) is 9.97 Å². The Labute approximate surface area is 162 Å². The minimum atomic E-state index is -3.44. The summed E-state index contributed by atoms with van der Waals surface area (Å²) >= 11 is 5.89. The number of carbonyl (C=O) groups excluding carboxylic acids is 1. The van der Waals surface area contributed by atoms with Gasteiger partial charge >= 0.3 is 5.97 Å². The van der Waals surface area contributed by atoms with E-state index in [1.807, 2.05) is 12.1 Å². The average molecular weight is 411 g/mol. The highest BCUT2D eigenvalue weighted by Gasteiger charge is 2.29. The first-order chi connectivity index (χ1) is 12.7. The molecule has 0 amide bonds. The van der Waals surface area contributed by atoms with Crippen LogP contribution >= 0.6 is 11.6 Å². The number of hydrogen-bond acceptors (Lipinski definition) is 7. The van der Waals surface area contributed by atoms with Gasteiger partial charge in [0.25, 0.3) is 0 Å². The zero-order chi connectivity index (χ0) is 19.8. The van der Waals surface area contributed by atoms with E-state index in [1.54, 1.807) is 19.9 Å². The predicted molar refractivity (Wildman–Crippen MR) is 103 cm³/mol. The summed E-state index contributed by atoms with van der Waals surface area (Å²) in [6.07, 6.45) is 2.72. The highest BCUT2D eigenvalue weighted by Crippen LogP contribution is 2.38. The minimum Gasteiger partial charge on any atom is -0.459 e. The van der Waals surface area contributed by atoms with E-state index < -0.39 is 16.0 Å². The summed E-state index contributed by atoms with van der Waals surface area (Å²) in [7, 11) is -3.44. The lowest BCUT2D eigenvalue weighted by Gasteiger charge is -2.21. The first kappa shape index (κ1) is 19.4. The number of nitrogens with zero attached hydrogens (tertiary/aromatic N) is 3. The molecule has 1 aromatic heterocycles. The first-order valence-electron chi connectivity index (χ1n) is 8.27. The quantitative estimate of drug-likeness (QED) is 0.597. The summed E-state index contributed by atoms with van der Waals surface area (Å²) in [6.45, 7) is 3.82. The van der Waals surface area contributed by atoms with E-state index in [4.69, 9.17) is 16.3 Å². The number of esters is 1. The SMILES string of the molecule is CC(C)OC(=O)c1cnc(Cl)nc1Nc1cccc2c1N(S(C)(=O)=O)CC2. The standard InChI is InChI=1S/C17H19ClN4O4S/c1-10(2)26-16(23)12-9-19-17(18)21-15(12)20-13-6-4-5-11-7-8-22(14(11)13)27(3,24)25/h4-6,9-10H,7-8H2,1-3H3,(H,19,20,21). The predicted octanol–water partition coefficient (Wildman–Crippen LogP) is 2.76. The highest BCUT2D eigenvalue weighted by atomic mass is 35.5. The lowest BCUT2D eigenvalue weighted by atomic mass is 10.1. The normalized spacial score (nSPS) is 13.6. The second-order valence-corrected chi connectivity index (χ2v) is 8.62. The van der Waals surface area contributed by atoms with Crippen LogP contribution in [0.4, 0.5) is 17.2 Å². The Morgan fingerprint density at radius 2 is 2.11 bits per heavy atom. The number of nitrogens with one attached hydrogen (secondary N) is 1. The van der Waals surface area contributed by atoms with Crippen LogP contribution in [0.15, 0.2) is 24.4 Å². The fourth-order valence-corrected chi connectivity index (χ4v) is 3.97. The summed E-state index contributed by atoms with van der Waals surface area (Å²) in [5.74, 6) is -0.453. The Morgan fingerprint density at radius 3 is 2.78 bits per heavy atom. The largest absolute Gasteiger partial charge is 0.459 e. The number of ether oxygens (including phenoxy) is 1. The molecule has 1 aromatic carbocycles. The number of para-hydroxylation sites is 1. The van der Waals surface area contributed by atoms with E-state index >= 15 is 0 Å². The van der Waals surface area contributed by atoms with E-state index in [0.29, 0.717) is 24.3 Å². The molecule has 0 bridgehead atoms. The molecule has 2 heterocycles. The van der Waals surface area contributed by atoms with Gasteiger partial charge in [0.2, 0.25) is 15.3 Å². The first-order valence-corrected chi connectivity index (χ1v) is 10.5. The number of rotatable bonds is 5. The number of anilines is 3. The molecule has 0 spiro atoms. The Balaban J connectivity index is 2.04. The lowest BCUT2D eigenvalue weighted by molar-refractivity contribution is 0.0378. The molecule has 144 valence electrons. The van der Waals surface area contributed by atoms with Crippen LogP contribution in [0.5, 0.6) is 0 Å². The molecule has 0 atom stereocenters. The van der Waals surface area contributed by atoms with Crippen molar-refractivity contribution < 1.29 is 17.9 Å². The number of sulfonamides is 1. The van der Waals surface area contributed by atoms with Crippen molar-refractivity contribution in [1.29, 1.82) is 0 Å². The second kappa shape index (κ2) is 7.32. The third-order valence-corrected chi connectivity index (χ3v) is 5.28. The van der Waals surface area contributed by atoms with Crippen LogP contribution in [0, 0.1) is 0 Å². The number of carbonyl (C=O) groups is 1. The van der Waals surface area contributed by atoms with Crippen LogP contribution in [0.25, 0.3) is 0 Å². The molecular formula is C17H19ClN4O4S. The Morgan fingerprint density at radius 1 is 1.37 bits per heavy atom. The molecular weight excluding hydrogens is 392 g/mol. The zero-order valence-corrected chi connectivity index (χ0v) is 16.6. The van der Waals surface area contributed by atoms with Crippen molar-refractivity contribution in [3.05, 3.63) is 40.8 Å². The maximum Gasteiger partial charge on any atom is 0.343 e. The zero-order valence-electron chi connectivity index (χ0n) is 15.1. The molecule has 1 N–H and O–H groups in total. The van der Waals surface area contributed by atoms with Crippen molar-refractivity contribution in [3.8, 4) is 0 Å². The molecule has 2 aromatic rings. The van der Waals surface area contributed by atoms with E-state index in [-0.39, 0.29) is 22.8 Å². The number of benzene rings is 1. The van der Waals surface area contributed by atoms with Crippen LogP contribution < -0.4 is 9.62 Å². The van der Waals surface area contributed by atoms with Gasteiger partial charge < -0.3 is 10.1 Å². The minimum absolute atomic E-state index is 0.0499. The molecule has 0 fully saturated rings. The van der Waals surface area contributed by atoms with E-state index in [9.17, 15) is 13.2 Å². The highest BCUT2D eigenvalue weighted by molar-refractivity contribution is 7.92. The van der Waals surface area contributed by atoms with Crippen molar-refractivity contribution in [2.45, 2.75) is 26.4 Å². The van der Waals surface area contributed by atoms with Gasteiger partial charge in [-0.25, -0.2) is 18.2 Å². The maximum absolute atomic E-state index is 12.3. The van der Waals surface area contributed by atoms with Gasteiger partial charge in [0.15, 0.2) is 0 Å². The van der Waals surface area contributed by atoms with Gasteiger partial charge in [0.05, 0.1) is 23.7 Å². The molecule has 0 saturated carbocycles. The van der Waals surface area contributed by atoms with Gasteiger partial charge in [0, 0.05) is 12.7 Å². The third-order valence-electron chi connectivity index (χ3n) is 3.93. The van der Waals surface area contributed by atoms with Gasteiger partial charge in [0.1, 0.15) is 11.4 Å². The monoisotopic (exact) mass is 410 g/mol. The van der Waals surface area contributed by atoms with Crippen molar-refractivity contribution in [3.63, 3.8) is 0 Å². The molecule has 0 unspecified atom stereocenters. The fraction of sp³-hybridized carbons (Fsp3) is 0.353. The Kier molecular flexibility index (Phi) is 5.25. The lowest BCUT2D eigenvalue weighted by Crippen LogP contribution is -2.28. The smallest absolute Gasteiger partial charge is 0.343 e. The molecule has 0 saturated heterocycles. The van der Waals surface area contributed by atoms with Gasteiger partial charge in [-0.2, -0.15) is 4.98 Å². The topological polar surface area (TPSA) is 101 Å². The fourth-order valence-electron chi connectivity index (χ4n) is 2.86. The van der Waals surface area contributed by atoms with Crippen molar-refractivity contribution in [2.75, 3.05) is 22.4 Å². The molecule has 1 aliphatic heterocycles. The molecule has 1 aliphatic rings. The van der Waals surface area contributed by atoms with Crippen LogP contribution in [0.1, 0.15) is 29.8 Å². The van der Waals surface area contributed by atoms with Crippen LogP contribution in [0.2, 0.25) is 5.28 Å². The Hall–Kier alpha value is -2.39. The van der Waals surface area contributed by atoms with Crippen molar-refractivity contribution in [2.24, 2.45) is 0 Å². The van der Waals surface area contributed by atoms with Crippen LogP contribution in [-0.4, -0.2) is 43.3 Å². The number of fused-ring (bicyclic) bond motifs is 1. The third kappa shape index (κ3) is 4.14. The summed E-state index contributed by atoms with van der Waals surface area (Å²) in [5, 5.41) is 2.98. The van der Waals surface area contributed by atoms with Crippen molar-refractivity contribution >= 4 is 44.8 Å². The molecule has 8 nitrogen and oxygen atoms in total.